The minimum Gasteiger partial charge on any atom is -0.310 e. The fraction of sp³-hybridized carbons (Fsp3) is 1.00. The second-order valence-electron chi connectivity index (χ2n) is 5.17. The molecule has 0 aromatic rings. The molecule has 0 unspecified atom stereocenters. The van der Waals surface area contributed by atoms with Gasteiger partial charge in [-0.2, -0.15) is 0 Å². The standard InChI is InChI=1S/C15H32ClN/c1-4-7-8-9-10-11-12-13-17-15(5-2,6-3)14-16/h17H,4-14H2,1-3H3. The molecule has 0 fully saturated rings. The van der Waals surface area contributed by atoms with Crippen molar-refractivity contribution in [3.63, 3.8) is 0 Å². The zero-order chi connectivity index (χ0) is 13.0. The van der Waals surface area contributed by atoms with Crippen LogP contribution in [-0.2, 0) is 0 Å². The maximum atomic E-state index is 6.06. The number of halogens is 1. The van der Waals surface area contributed by atoms with Crippen LogP contribution in [0.2, 0.25) is 0 Å². The number of alkyl halides is 1. The number of rotatable bonds is 12. The van der Waals surface area contributed by atoms with Gasteiger partial charge in [-0.3, -0.25) is 0 Å². The smallest absolute Gasteiger partial charge is 0.0405 e. The average Bonchev–Trinajstić information content (AvgIpc) is 2.38. The lowest BCUT2D eigenvalue weighted by atomic mass is 9.95. The second-order valence-corrected chi connectivity index (χ2v) is 5.44. The third-order valence-corrected chi connectivity index (χ3v) is 4.40. The van der Waals surface area contributed by atoms with E-state index in [0.29, 0.717) is 0 Å². The molecule has 1 nitrogen and oxygen atoms in total. The zero-order valence-corrected chi connectivity index (χ0v) is 12.9. The van der Waals surface area contributed by atoms with E-state index in [2.05, 4.69) is 26.1 Å². The highest BCUT2D eigenvalue weighted by atomic mass is 35.5. The normalized spacial score (nSPS) is 12.0. The molecular weight excluding hydrogens is 230 g/mol. The van der Waals surface area contributed by atoms with Crippen molar-refractivity contribution in [1.82, 2.24) is 5.32 Å². The monoisotopic (exact) mass is 261 g/mol. The van der Waals surface area contributed by atoms with Crippen LogP contribution in [0.1, 0.15) is 78.6 Å². The number of nitrogens with one attached hydrogen (secondary N) is 1. The topological polar surface area (TPSA) is 12.0 Å². The van der Waals surface area contributed by atoms with Crippen molar-refractivity contribution in [3.8, 4) is 0 Å². The van der Waals surface area contributed by atoms with Gasteiger partial charge in [-0.05, 0) is 25.8 Å². The molecule has 0 amide bonds. The van der Waals surface area contributed by atoms with Crippen LogP contribution < -0.4 is 5.32 Å². The first-order chi connectivity index (χ1) is 8.24. The molecule has 0 aromatic carbocycles. The maximum absolute atomic E-state index is 6.06. The molecule has 0 rings (SSSR count). The van der Waals surface area contributed by atoms with Crippen molar-refractivity contribution >= 4 is 11.6 Å². The molecule has 0 heterocycles. The van der Waals surface area contributed by atoms with Gasteiger partial charge in [0.05, 0.1) is 0 Å². The lowest BCUT2D eigenvalue weighted by Gasteiger charge is -2.30. The summed E-state index contributed by atoms with van der Waals surface area (Å²) in [7, 11) is 0. The highest BCUT2D eigenvalue weighted by Crippen LogP contribution is 2.17. The van der Waals surface area contributed by atoms with Gasteiger partial charge < -0.3 is 5.32 Å². The highest BCUT2D eigenvalue weighted by Gasteiger charge is 2.23. The lowest BCUT2D eigenvalue weighted by Crippen LogP contribution is -2.46. The van der Waals surface area contributed by atoms with E-state index in [1.807, 2.05) is 0 Å². The van der Waals surface area contributed by atoms with Gasteiger partial charge in [0, 0.05) is 11.4 Å². The van der Waals surface area contributed by atoms with Crippen molar-refractivity contribution < 1.29 is 0 Å². The molecule has 1 N–H and O–H groups in total. The van der Waals surface area contributed by atoms with Crippen LogP contribution in [0.15, 0.2) is 0 Å². The van der Waals surface area contributed by atoms with Gasteiger partial charge in [-0.25, -0.2) is 0 Å². The molecule has 104 valence electrons. The third-order valence-electron chi connectivity index (χ3n) is 3.89. The zero-order valence-electron chi connectivity index (χ0n) is 12.2. The maximum Gasteiger partial charge on any atom is 0.0405 e. The summed E-state index contributed by atoms with van der Waals surface area (Å²) in [6.07, 6.45) is 11.9. The predicted octanol–water partition coefficient (Wildman–Crippen LogP) is 5.12. The Bertz CT molecular complexity index is 147. The second kappa shape index (κ2) is 11.3. The van der Waals surface area contributed by atoms with Gasteiger partial charge >= 0.3 is 0 Å². The van der Waals surface area contributed by atoms with Gasteiger partial charge in [0.2, 0.25) is 0 Å². The molecule has 0 saturated heterocycles. The van der Waals surface area contributed by atoms with Crippen molar-refractivity contribution in [2.75, 3.05) is 12.4 Å². The van der Waals surface area contributed by atoms with Gasteiger partial charge in [-0.15, -0.1) is 11.6 Å². The van der Waals surface area contributed by atoms with E-state index in [0.717, 1.165) is 25.3 Å². The van der Waals surface area contributed by atoms with Crippen molar-refractivity contribution in [3.05, 3.63) is 0 Å². The Morgan fingerprint density at radius 1 is 0.824 bits per heavy atom. The van der Waals surface area contributed by atoms with Gasteiger partial charge in [0.1, 0.15) is 0 Å². The van der Waals surface area contributed by atoms with Gasteiger partial charge in [-0.1, -0.05) is 59.3 Å². The van der Waals surface area contributed by atoms with Gasteiger partial charge in [0.15, 0.2) is 0 Å². The first-order valence-electron chi connectivity index (χ1n) is 7.55. The molecule has 0 aliphatic carbocycles. The molecule has 0 radical (unpaired) electrons. The Morgan fingerprint density at radius 3 is 1.82 bits per heavy atom. The summed E-state index contributed by atoms with van der Waals surface area (Å²) in [4.78, 5) is 0. The van der Waals surface area contributed by atoms with E-state index < -0.39 is 0 Å². The predicted molar refractivity (Wildman–Crippen MR) is 80.0 cm³/mol. The van der Waals surface area contributed by atoms with Crippen LogP contribution in [0.25, 0.3) is 0 Å². The summed E-state index contributed by atoms with van der Waals surface area (Å²) in [6, 6.07) is 0. The Balaban J connectivity index is 3.43. The third kappa shape index (κ3) is 8.05. The molecule has 0 saturated carbocycles. The summed E-state index contributed by atoms with van der Waals surface area (Å²) in [6.45, 7) is 7.85. The lowest BCUT2D eigenvalue weighted by molar-refractivity contribution is 0.332. The van der Waals surface area contributed by atoms with Crippen molar-refractivity contribution in [2.45, 2.75) is 84.1 Å². The van der Waals surface area contributed by atoms with Crippen LogP contribution in [0.3, 0.4) is 0 Å². The van der Waals surface area contributed by atoms with Crippen LogP contribution in [0.5, 0.6) is 0 Å². The minimum absolute atomic E-state index is 0.184. The van der Waals surface area contributed by atoms with E-state index in [1.165, 1.54) is 44.9 Å². The molecule has 0 aromatic heterocycles. The Kier molecular flexibility index (Phi) is 11.5. The summed E-state index contributed by atoms with van der Waals surface area (Å²) in [5, 5.41) is 3.65. The van der Waals surface area contributed by atoms with E-state index in [-0.39, 0.29) is 5.54 Å². The van der Waals surface area contributed by atoms with Crippen LogP contribution in [0, 0.1) is 0 Å². The summed E-state index contributed by atoms with van der Waals surface area (Å²) >= 11 is 6.06. The number of unbranched alkanes of at least 4 members (excludes halogenated alkanes) is 6. The molecular formula is C15H32ClN. The Morgan fingerprint density at radius 2 is 1.35 bits per heavy atom. The number of hydrogen-bond acceptors (Lipinski definition) is 1. The van der Waals surface area contributed by atoms with E-state index >= 15 is 0 Å². The fourth-order valence-corrected chi connectivity index (χ4v) is 2.64. The summed E-state index contributed by atoms with van der Waals surface area (Å²) < 4.78 is 0. The average molecular weight is 262 g/mol. The van der Waals surface area contributed by atoms with E-state index in [4.69, 9.17) is 11.6 Å². The summed E-state index contributed by atoms with van der Waals surface area (Å²) in [5.41, 5.74) is 0.184. The van der Waals surface area contributed by atoms with Crippen LogP contribution in [0.4, 0.5) is 0 Å². The molecule has 17 heavy (non-hydrogen) atoms. The highest BCUT2D eigenvalue weighted by molar-refractivity contribution is 6.18. The van der Waals surface area contributed by atoms with Gasteiger partial charge in [0.25, 0.3) is 0 Å². The fourth-order valence-electron chi connectivity index (χ4n) is 2.17. The quantitative estimate of drug-likeness (QED) is 0.380. The van der Waals surface area contributed by atoms with E-state index in [1.54, 1.807) is 0 Å². The largest absolute Gasteiger partial charge is 0.310 e. The van der Waals surface area contributed by atoms with Crippen LogP contribution >= 0.6 is 11.6 Å². The molecule has 0 bridgehead atoms. The molecule has 2 heteroatoms. The molecule has 0 atom stereocenters. The Hall–Kier alpha value is 0.250. The first kappa shape index (κ1) is 17.2. The molecule has 0 aliphatic heterocycles. The number of hydrogen-bond donors (Lipinski definition) is 1. The van der Waals surface area contributed by atoms with Crippen molar-refractivity contribution in [2.24, 2.45) is 0 Å². The minimum atomic E-state index is 0.184. The van der Waals surface area contributed by atoms with Crippen molar-refractivity contribution in [1.29, 1.82) is 0 Å². The molecule has 0 spiro atoms. The van der Waals surface area contributed by atoms with Crippen LogP contribution in [-0.4, -0.2) is 18.0 Å². The van der Waals surface area contributed by atoms with E-state index in [9.17, 15) is 0 Å². The first-order valence-corrected chi connectivity index (χ1v) is 8.09. The molecule has 0 aliphatic rings. The summed E-state index contributed by atoms with van der Waals surface area (Å²) in [5.74, 6) is 0.733. The SMILES string of the molecule is CCCCCCCCCNC(CC)(CC)CCl. The Labute approximate surface area is 114 Å².